The van der Waals surface area contributed by atoms with Crippen molar-refractivity contribution in [2.24, 2.45) is 0 Å². The van der Waals surface area contributed by atoms with Crippen molar-refractivity contribution in [1.29, 1.82) is 0 Å². The van der Waals surface area contributed by atoms with Gasteiger partial charge in [-0.25, -0.2) is 4.39 Å². The lowest BCUT2D eigenvalue weighted by Gasteiger charge is -2.15. The Morgan fingerprint density at radius 3 is 2.50 bits per heavy atom. The number of nitro benzene ring substituents is 1. The van der Waals surface area contributed by atoms with E-state index in [0.717, 1.165) is 0 Å². The highest BCUT2D eigenvalue weighted by atomic mass is 19.1. The van der Waals surface area contributed by atoms with Crippen molar-refractivity contribution in [2.45, 2.75) is 19.4 Å². The molecule has 1 N–H and O–H groups in total. The van der Waals surface area contributed by atoms with Gasteiger partial charge in [0.2, 0.25) is 5.91 Å². The molecule has 2 rings (SSSR count). The molecule has 0 saturated heterocycles. The van der Waals surface area contributed by atoms with Crippen LogP contribution in [0, 0.1) is 15.9 Å². The molecule has 0 radical (unpaired) electrons. The van der Waals surface area contributed by atoms with Crippen LogP contribution in [-0.2, 0) is 11.2 Å². The Morgan fingerprint density at radius 2 is 1.96 bits per heavy atom. The molecule has 0 bridgehead atoms. The second kappa shape index (κ2) is 7.54. The van der Waals surface area contributed by atoms with E-state index in [4.69, 9.17) is 4.74 Å². The molecular formula is C17H17FN2O4. The van der Waals surface area contributed by atoms with Crippen molar-refractivity contribution in [3.63, 3.8) is 0 Å². The van der Waals surface area contributed by atoms with E-state index in [2.05, 4.69) is 5.32 Å². The standard InChI is InChI=1S/C17H17FN2O4/c1-11(13-5-8-16(24-2)15(18)10-13)19-17(21)9-12-3-6-14(7-4-12)20(22)23/h3-8,10-11H,9H2,1-2H3,(H,19,21)/t11-/m1/s1. The highest BCUT2D eigenvalue weighted by Gasteiger charge is 2.13. The van der Waals surface area contributed by atoms with E-state index in [1.165, 1.54) is 43.5 Å². The first-order valence-electron chi connectivity index (χ1n) is 7.27. The van der Waals surface area contributed by atoms with Crippen LogP contribution in [-0.4, -0.2) is 17.9 Å². The van der Waals surface area contributed by atoms with E-state index in [9.17, 15) is 19.3 Å². The van der Waals surface area contributed by atoms with Crippen molar-refractivity contribution >= 4 is 11.6 Å². The predicted molar refractivity (Wildman–Crippen MR) is 86.3 cm³/mol. The largest absolute Gasteiger partial charge is 0.494 e. The quantitative estimate of drug-likeness (QED) is 0.651. The Hall–Kier alpha value is -2.96. The van der Waals surface area contributed by atoms with Crippen LogP contribution in [0.25, 0.3) is 0 Å². The third-order valence-corrected chi connectivity index (χ3v) is 3.57. The summed E-state index contributed by atoms with van der Waals surface area (Å²) in [5.74, 6) is -0.609. The van der Waals surface area contributed by atoms with Gasteiger partial charge in [-0.05, 0) is 30.2 Å². The maximum Gasteiger partial charge on any atom is 0.269 e. The number of carbonyl (C=O) groups is 1. The van der Waals surface area contributed by atoms with E-state index in [-0.39, 0.29) is 29.8 Å². The minimum absolute atomic E-state index is 0.0266. The second-order valence-corrected chi connectivity index (χ2v) is 5.28. The Kier molecular flexibility index (Phi) is 5.47. The molecule has 1 amide bonds. The van der Waals surface area contributed by atoms with Crippen LogP contribution in [0.2, 0.25) is 0 Å². The van der Waals surface area contributed by atoms with Crippen molar-refractivity contribution < 1.29 is 18.8 Å². The van der Waals surface area contributed by atoms with Crippen LogP contribution in [0.5, 0.6) is 5.75 Å². The maximum absolute atomic E-state index is 13.7. The van der Waals surface area contributed by atoms with E-state index in [0.29, 0.717) is 11.1 Å². The molecule has 1 atom stereocenters. The Labute approximate surface area is 138 Å². The highest BCUT2D eigenvalue weighted by molar-refractivity contribution is 5.79. The van der Waals surface area contributed by atoms with Crippen LogP contribution in [0.1, 0.15) is 24.1 Å². The summed E-state index contributed by atoms with van der Waals surface area (Å²) in [4.78, 5) is 22.2. The van der Waals surface area contributed by atoms with E-state index in [1.54, 1.807) is 13.0 Å². The topological polar surface area (TPSA) is 81.5 Å². The van der Waals surface area contributed by atoms with Crippen LogP contribution in [0.4, 0.5) is 10.1 Å². The number of amides is 1. The summed E-state index contributed by atoms with van der Waals surface area (Å²) < 4.78 is 18.6. The van der Waals surface area contributed by atoms with Gasteiger partial charge in [-0.15, -0.1) is 0 Å². The van der Waals surface area contributed by atoms with E-state index < -0.39 is 10.7 Å². The fourth-order valence-corrected chi connectivity index (χ4v) is 2.25. The lowest BCUT2D eigenvalue weighted by atomic mass is 10.1. The number of carbonyl (C=O) groups excluding carboxylic acids is 1. The third-order valence-electron chi connectivity index (χ3n) is 3.57. The number of nitro groups is 1. The van der Waals surface area contributed by atoms with Gasteiger partial charge in [-0.3, -0.25) is 14.9 Å². The first kappa shape index (κ1) is 17.4. The molecule has 0 heterocycles. The van der Waals surface area contributed by atoms with Gasteiger partial charge in [0, 0.05) is 12.1 Å². The molecule has 7 heteroatoms. The number of rotatable bonds is 6. The molecule has 6 nitrogen and oxygen atoms in total. The fourth-order valence-electron chi connectivity index (χ4n) is 2.25. The maximum atomic E-state index is 13.7. The van der Waals surface area contributed by atoms with Gasteiger partial charge in [-0.2, -0.15) is 0 Å². The minimum atomic E-state index is -0.496. The van der Waals surface area contributed by atoms with Crippen LogP contribution in [0.3, 0.4) is 0 Å². The second-order valence-electron chi connectivity index (χ2n) is 5.28. The van der Waals surface area contributed by atoms with Crippen LogP contribution >= 0.6 is 0 Å². The zero-order valence-corrected chi connectivity index (χ0v) is 13.3. The third kappa shape index (κ3) is 4.28. The van der Waals surface area contributed by atoms with Crippen molar-refractivity contribution in [1.82, 2.24) is 5.32 Å². The number of nitrogens with zero attached hydrogens (tertiary/aromatic N) is 1. The van der Waals surface area contributed by atoms with Gasteiger partial charge >= 0.3 is 0 Å². The number of benzene rings is 2. The first-order chi connectivity index (χ1) is 11.4. The summed E-state index contributed by atoms with van der Waals surface area (Å²) in [6.45, 7) is 1.75. The van der Waals surface area contributed by atoms with E-state index >= 15 is 0 Å². The molecule has 0 aliphatic rings. The molecule has 0 unspecified atom stereocenters. The SMILES string of the molecule is COc1ccc([C@@H](C)NC(=O)Cc2ccc([N+](=O)[O-])cc2)cc1F. The molecule has 0 fully saturated rings. The van der Waals surface area contributed by atoms with Crippen LogP contribution in [0.15, 0.2) is 42.5 Å². The predicted octanol–water partition coefficient (Wildman–Crippen LogP) is 3.16. The minimum Gasteiger partial charge on any atom is -0.494 e. The zero-order chi connectivity index (χ0) is 17.7. The van der Waals surface area contributed by atoms with Gasteiger partial charge < -0.3 is 10.1 Å². The van der Waals surface area contributed by atoms with Gasteiger partial charge in [0.25, 0.3) is 5.69 Å². The molecule has 0 spiro atoms. The Bertz CT molecular complexity index is 747. The summed E-state index contributed by atoms with van der Waals surface area (Å²) >= 11 is 0. The summed E-state index contributed by atoms with van der Waals surface area (Å²) in [5.41, 5.74) is 1.25. The van der Waals surface area contributed by atoms with Gasteiger partial charge in [0.1, 0.15) is 0 Å². The molecule has 126 valence electrons. The van der Waals surface area contributed by atoms with Gasteiger partial charge in [-0.1, -0.05) is 18.2 Å². The van der Waals surface area contributed by atoms with Gasteiger partial charge in [0.15, 0.2) is 11.6 Å². The lowest BCUT2D eigenvalue weighted by molar-refractivity contribution is -0.384. The highest BCUT2D eigenvalue weighted by Crippen LogP contribution is 2.21. The first-order valence-corrected chi connectivity index (χ1v) is 7.27. The van der Waals surface area contributed by atoms with Crippen molar-refractivity contribution in [2.75, 3.05) is 7.11 Å². The number of halogens is 1. The average Bonchev–Trinajstić information content (AvgIpc) is 2.55. The van der Waals surface area contributed by atoms with E-state index in [1.807, 2.05) is 0 Å². The number of non-ortho nitro benzene ring substituents is 1. The molecular weight excluding hydrogens is 315 g/mol. The number of hydrogen-bond acceptors (Lipinski definition) is 4. The Balaban J connectivity index is 1.98. The van der Waals surface area contributed by atoms with Crippen molar-refractivity contribution in [3.8, 4) is 5.75 Å². The summed E-state index contributed by atoms with van der Waals surface area (Å²) in [6, 6.07) is 9.90. The normalized spacial score (nSPS) is 11.6. The number of ether oxygens (including phenoxy) is 1. The summed E-state index contributed by atoms with van der Waals surface area (Å²) in [6.07, 6.45) is 0.0843. The lowest BCUT2D eigenvalue weighted by Crippen LogP contribution is -2.28. The molecule has 0 aliphatic heterocycles. The number of hydrogen-bond donors (Lipinski definition) is 1. The molecule has 0 aromatic heterocycles. The molecule has 2 aromatic rings. The summed E-state index contributed by atoms with van der Waals surface area (Å²) in [5, 5.41) is 13.4. The smallest absolute Gasteiger partial charge is 0.269 e. The molecule has 0 aliphatic carbocycles. The zero-order valence-electron chi connectivity index (χ0n) is 13.3. The number of nitrogens with one attached hydrogen (secondary N) is 1. The molecule has 0 saturated carbocycles. The monoisotopic (exact) mass is 332 g/mol. The average molecular weight is 332 g/mol. The molecule has 24 heavy (non-hydrogen) atoms. The van der Waals surface area contributed by atoms with Gasteiger partial charge in [0.05, 0.1) is 24.5 Å². The van der Waals surface area contributed by atoms with Crippen LogP contribution < -0.4 is 10.1 Å². The fraction of sp³-hybridized carbons (Fsp3) is 0.235. The molecule has 2 aromatic carbocycles. The number of methoxy groups -OCH3 is 1. The van der Waals surface area contributed by atoms with Crippen molar-refractivity contribution in [3.05, 3.63) is 69.5 Å². The summed E-state index contributed by atoms with van der Waals surface area (Å²) in [7, 11) is 1.38. The Morgan fingerprint density at radius 1 is 1.29 bits per heavy atom.